The van der Waals surface area contributed by atoms with Crippen LogP contribution in [0.2, 0.25) is 0 Å². The van der Waals surface area contributed by atoms with Gasteiger partial charge >= 0.3 is 0 Å². The fourth-order valence-electron chi connectivity index (χ4n) is 16.3. The first-order valence-electron chi connectivity index (χ1n) is 39.7. The fraction of sp³-hybridized carbons (Fsp3) is 0. The largest absolute Gasteiger partial charge is 0.246 e. The number of aromatic nitrogens is 8. The molecule has 0 saturated carbocycles. The standard InChI is InChI=1S/C54H32N4S2.C54H34N4S/c1-3-12-33(13-4-1)34-22-24-36(25-23-34)53-56-52(35-14-5-2-6-15-35)57-54(58-53)40-17-11-16-39(30-40)50-51-49(42-19-8-10-21-47(42)60-51)44-32-37(26-28-45(44)55-50)38-27-29-48-43(31-38)41-18-7-9-20-46(41)59-48;1-4-12-35(13-5-1)38-20-26-41(27-21-38)52-56-53(42-28-22-39(23-29-42)36-14-6-2-7-15-36)58-54(57-52)43-30-24-40(25-31-43)50-51-49(45-18-10-11-19-48(45)59-51)46-34-44(32-33-47(46)55-50)37-16-8-3-9-17-37/h1-32H;1-34H. The fourth-order valence-corrected chi connectivity index (χ4v) is 19.8. The summed E-state index contributed by atoms with van der Waals surface area (Å²) < 4.78 is 7.46. The van der Waals surface area contributed by atoms with Crippen LogP contribution in [0.5, 0.6) is 0 Å². The van der Waals surface area contributed by atoms with Crippen LogP contribution in [0.4, 0.5) is 0 Å². The third-order valence-electron chi connectivity index (χ3n) is 22.3. The van der Waals surface area contributed by atoms with Gasteiger partial charge in [-0.05, 0) is 116 Å². The van der Waals surface area contributed by atoms with Crippen molar-refractivity contribution in [2.45, 2.75) is 0 Å². The summed E-state index contributed by atoms with van der Waals surface area (Å²) in [6.07, 6.45) is 0. The number of pyridine rings is 2. The maximum absolute atomic E-state index is 5.44. The molecule has 119 heavy (non-hydrogen) atoms. The van der Waals surface area contributed by atoms with Crippen LogP contribution in [0.15, 0.2) is 400 Å². The molecule has 11 heteroatoms. The van der Waals surface area contributed by atoms with E-state index >= 15 is 0 Å². The highest BCUT2D eigenvalue weighted by atomic mass is 32.1. The van der Waals surface area contributed by atoms with Gasteiger partial charge in [0.25, 0.3) is 0 Å². The van der Waals surface area contributed by atoms with Crippen LogP contribution in [0.1, 0.15) is 0 Å². The van der Waals surface area contributed by atoms with Crippen molar-refractivity contribution in [3.05, 3.63) is 400 Å². The lowest BCUT2D eigenvalue weighted by atomic mass is 9.97. The number of nitrogens with zero attached hydrogens (tertiary/aromatic N) is 8. The van der Waals surface area contributed by atoms with Crippen LogP contribution in [-0.4, -0.2) is 39.9 Å². The zero-order chi connectivity index (χ0) is 78.7. The second-order valence-electron chi connectivity index (χ2n) is 29.6. The molecule has 0 bridgehead atoms. The molecule has 16 aromatic carbocycles. The highest BCUT2D eigenvalue weighted by Crippen LogP contribution is 2.48. The highest BCUT2D eigenvalue weighted by Gasteiger charge is 2.23. The molecule has 0 unspecified atom stereocenters. The van der Waals surface area contributed by atoms with E-state index in [1.54, 1.807) is 22.7 Å². The quantitative estimate of drug-likeness (QED) is 0.112. The Morgan fingerprint density at radius 2 is 0.403 bits per heavy atom. The van der Waals surface area contributed by atoms with Gasteiger partial charge in [-0.1, -0.05) is 340 Å². The van der Waals surface area contributed by atoms with Gasteiger partial charge in [-0.2, -0.15) is 0 Å². The van der Waals surface area contributed by atoms with Gasteiger partial charge in [-0.3, -0.25) is 0 Å². The van der Waals surface area contributed by atoms with Gasteiger partial charge in [0, 0.05) is 106 Å². The van der Waals surface area contributed by atoms with Gasteiger partial charge in [0.1, 0.15) is 0 Å². The van der Waals surface area contributed by atoms with Gasteiger partial charge in [0.05, 0.1) is 31.8 Å². The van der Waals surface area contributed by atoms with E-state index in [4.69, 9.17) is 39.9 Å². The summed E-state index contributed by atoms with van der Waals surface area (Å²) in [5.74, 6) is 3.73. The van der Waals surface area contributed by atoms with Crippen molar-refractivity contribution in [3.63, 3.8) is 0 Å². The van der Waals surface area contributed by atoms with Gasteiger partial charge < -0.3 is 0 Å². The first-order chi connectivity index (χ1) is 58.9. The molecule has 0 atom stereocenters. The van der Waals surface area contributed by atoms with E-state index in [0.29, 0.717) is 34.9 Å². The minimum absolute atomic E-state index is 0.612. The number of benzene rings is 16. The van der Waals surface area contributed by atoms with E-state index in [0.717, 1.165) is 99.1 Å². The third-order valence-corrected chi connectivity index (χ3v) is 25.8. The maximum Gasteiger partial charge on any atom is 0.164 e. The lowest BCUT2D eigenvalue weighted by Crippen LogP contribution is -2.00. The van der Waals surface area contributed by atoms with Crippen LogP contribution in [0.25, 0.3) is 229 Å². The van der Waals surface area contributed by atoms with Crippen molar-refractivity contribution in [2.75, 3.05) is 0 Å². The van der Waals surface area contributed by atoms with E-state index in [2.05, 4.69) is 352 Å². The molecule has 0 radical (unpaired) electrons. The molecule has 8 nitrogen and oxygen atoms in total. The predicted molar refractivity (Wildman–Crippen MR) is 500 cm³/mol. The number of hydrogen-bond acceptors (Lipinski definition) is 11. The Labute approximate surface area is 697 Å². The van der Waals surface area contributed by atoms with E-state index in [9.17, 15) is 0 Å². The van der Waals surface area contributed by atoms with Crippen molar-refractivity contribution in [2.24, 2.45) is 0 Å². The minimum atomic E-state index is 0.612. The summed E-state index contributed by atoms with van der Waals surface area (Å²) in [5, 5.41) is 9.90. The average molecular weight is 1570 g/mol. The molecule has 23 rings (SSSR count). The molecule has 0 fully saturated rings. The second-order valence-corrected chi connectivity index (χ2v) is 32.8. The third kappa shape index (κ3) is 13.5. The second kappa shape index (κ2) is 30.3. The van der Waals surface area contributed by atoms with Crippen LogP contribution < -0.4 is 0 Å². The van der Waals surface area contributed by atoms with E-state index in [1.807, 2.05) is 59.9 Å². The SMILES string of the molecule is c1ccc(-c2ccc(-c3nc(-c4ccc(-c5ccccc5)cc4)nc(-c4ccc(-c5nc6ccc(-c7ccccc7)cc6c6c5sc5ccccc56)cc4)n3)cc2)cc1.c1ccc(-c2ccc(-c3nc(-c4ccccc4)nc(-c4cccc(-c5nc6ccc(-c7ccc8sc9ccccc9c8c7)cc6c6c5sc5ccccc56)c4)n3)cc2)cc1. The molecular weight excluding hydrogens is 1510 g/mol. The van der Waals surface area contributed by atoms with Crippen LogP contribution >= 0.6 is 34.0 Å². The topological polar surface area (TPSA) is 103 Å². The van der Waals surface area contributed by atoms with Crippen molar-refractivity contribution in [1.82, 2.24) is 39.9 Å². The Balaban J connectivity index is 0.000000143. The Hall–Kier alpha value is -15.0. The summed E-state index contributed by atoms with van der Waals surface area (Å²) in [5.41, 5.74) is 23.1. The van der Waals surface area contributed by atoms with Crippen LogP contribution in [-0.2, 0) is 0 Å². The normalized spacial score (nSPS) is 11.5. The lowest BCUT2D eigenvalue weighted by Gasteiger charge is -2.12. The van der Waals surface area contributed by atoms with Crippen molar-refractivity contribution >= 4 is 116 Å². The summed E-state index contributed by atoms with van der Waals surface area (Å²) in [6.45, 7) is 0. The van der Waals surface area contributed by atoms with E-state index < -0.39 is 0 Å². The first-order valence-corrected chi connectivity index (χ1v) is 42.1. The lowest BCUT2D eigenvalue weighted by molar-refractivity contribution is 1.07. The molecular formula is C108H66N8S3. The van der Waals surface area contributed by atoms with E-state index in [-0.39, 0.29) is 0 Å². The van der Waals surface area contributed by atoms with Crippen LogP contribution in [0, 0.1) is 0 Å². The molecule has 0 N–H and O–H groups in total. The molecule has 0 aliphatic rings. The molecule has 556 valence electrons. The zero-order valence-corrected chi connectivity index (χ0v) is 66.4. The molecule has 7 aromatic heterocycles. The first kappa shape index (κ1) is 70.6. The number of fused-ring (bicyclic) bond motifs is 13. The summed E-state index contributed by atoms with van der Waals surface area (Å²) in [6, 6.07) is 141. The minimum Gasteiger partial charge on any atom is -0.246 e. The van der Waals surface area contributed by atoms with E-state index in [1.165, 1.54) is 94.8 Å². The average Bonchev–Trinajstić information content (AvgIpc) is 1.61. The number of hydrogen-bond donors (Lipinski definition) is 0. The zero-order valence-electron chi connectivity index (χ0n) is 63.9. The highest BCUT2D eigenvalue weighted by molar-refractivity contribution is 7.27. The number of thiophene rings is 3. The number of rotatable bonds is 13. The molecule has 7 heterocycles. The summed E-state index contributed by atoms with van der Waals surface area (Å²) in [7, 11) is 0. The van der Waals surface area contributed by atoms with Gasteiger partial charge in [-0.15, -0.1) is 34.0 Å². The Morgan fingerprint density at radius 1 is 0.143 bits per heavy atom. The van der Waals surface area contributed by atoms with Gasteiger partial charge in [0.2, 0.25) is 0 Å². The van der Waals surface area contributed by atoms with Gasteiger partial charge in [0.15, 0.2) is 34.9 Å². The van der Waals surface area contributed by atoms with Gasteiger partial charge in [-0.25, -0.2) is 39.9 Å². The molecule has 0 aliphatic carbocycles. The molecule has 0 amide bonds. The van der Waals surface area contributed by atoms with Crippen LogP contribution in [0.3, 0.4) is 0 Å². The monoisotopic (exact) mass is 1570 g/mol. The Kier molecular flexibility index (Phi) is 18.0. The smallest absolute Gasteiger partial charge is 0.164 e. The molecule has 0 aliphatic heterocycles. The Bertz CT molecular complexity index is 7690. The predicted octanol–water partition coefficient (Wildman–Crippen LogP) is 29.6. The Morgan fingerprint density at radius 3 is 0.824 bits per heavy atom. The van der Waals surface area contributed by atoms with Crippen molar-refractivity contribution in [1.29, 1.82) is 0 Å². The van der Waals surface area contributed by atoms with Crippen molar-refractivity contribution in [3.8, 4) is 146 Å². The maximum atomic E-state index is 5.44. The summed E-state index contributed by atoms with van der Waals surface area (Å²) in [4.78, 5) is 41.2. The molecule has 0 spiro atoms. The molecule has 23 aromatic rings. The van der Waals surface area contributed by atoms with Crippen molar-refractivity contribution < 1.29 is 0 Å². The summed E-state index contributed by atoms with van der Waals surface area (Å²) >= 11 is 5.46. The molecule has 0 saturated heterocycles.